The quantitative estimate of drug-likeness (QED) is 0.501. The highest BCUT2D eigenvalue weighted by molar-refractivity contribution is 5.73. The molecule has 1 amide bonds. The molecule has 1 fully saturated rings. The third-order valence-corrected chi connectivity index (χ3v) is 1.74. The molecule has 0 aromatic heterocycles. The lowest BCUT2D eigenvalue weighted by atomic mass is 10.3. The van der Waals surface area contributed by atoms with Crippen LogP contribution in [0.3, 0.4) is 0 Å². The number of nitrogens with two attached hydrogens (primary N) is 1. The monoisotopic (exact) mass is 146 g/mol. The van der Waals surface area contributed by atoms with E-state index in [4.69, 9.17) is 5.73 Å². The molecule has 1 rings (SSSR count). The molecule has 4 heteroatoms. The maximum absolute atomic E-state index is 12.6. The first-order valence-electron chi connectivity index (χ1n) is 3.26. The van der Waals surface area contributed by atoms with Crippen LogP contribution in [0, 0.1) is 0 Å². The fraction of sp³-hybridized carbons (Fsp3) is 0.833. The molecule has 0 aromatic rings. The predicted octanol–water partition coefficient (Wildman–Crippen LogP) is -0.486. The summed E-state index contributed by atoms with van der Waals surface area (Å²) >= 11 is 0. The summed E-state index contributed by atoms with van der Waals surface area (Å²) in [5.74, 6) is -0.101. The fourth-order valence-electron chi connectivity index (χ4n) is 1.05. The third-order valence-electron chi connectivity index (χ3n) is 1.74. The maximum atomic E-state index is 12.6. The van der Waals surface area contributed by atoms with Crippen LogP contribution in [0.5, 0.6) is 0 Å². The van der Waals surface area contributed by atoms with Crippen LogP contribution < -0.4 is 5.73 Å². The van der Waals surface area contributed by atoms with Crippen molar-refractivity contribution in [2.45, 2.75) is 19.1 Å². The Morgan fingerprint density at radius 2 is 2.30 bits per heavy atom. The number of alkyl halides is 1. The first-order valence-corrected chi connectivity index (χ1v) is 3.26. The van der Waals surface area contributed by atoms with Crippen molar-refractivity contribution < 1.29 is 9.18 Å². The lowest BCUT2D eigenvalue weighted by molar-refractivity contribution is -0.128. The van der Waals surface area contributed by atoms with Crippen LogP contribution >= 0.6 is 0 Å². The largest absolute Gasteiger partial charge is 0.338 e. The van der Waals surface area contributed by atoms with Gasteiger partial charge in [-0.1, -0.05) is 0 Å². The van der Waals surface area contributed by atoms with E-state index in [-0.39, 0.29) is 12.5 Å². The number of likely N-dealkylation sites (tertiary alicyclic amines) is 1. The summed E-state index contributed by atoms with van der Waals surface area (Å²) in [6.45, 7) is 1.94. The minimum Gasteiger partial charge on any atom is -0.338 e. The first kappa shape index (κ1) is 7.47. The zero-order valence-electron chi connectivity index (χ0n) is 5.88. The Hall–Kier alpha value is -0.640. The van der Waals surface area contributed by atoms with Crippen LogP contribution in [-0.4, -0.2) is 36.1 Å². The SMILES string of the molecule is CC(=O)N1C[C@@H](F)[C@@H](N)C1. The average Bonchev–Trinajstić information content (AvgIpc) is 2.13. The average molecular weight is 146 g/mol. The molecule has 0 aromatic carbocycles. The van der Waals surface area contributed by atoms with E-state index in [1.807, 2.05) is 0 Å². The third kappa shape index (κ3) is 1.26. The number of hydrogen-bond donors (Lipinski definition) is 1. The summed E-state index contributed by atoms with van der Waals surface area (Å²) in [5, 5.41) is 0. The molecule has 1 heterocycles. The molecule has 0 spiro atoms. The van der Waals surface area contributed by atoms with E-state index in [1.54, 1.807) is 0 Å². The van der Waals surface area contributed by atoms with Gasteiger partial charge < -0.3 is 10.6 Å². The summed E-state index contributed by atoms with van der Waals surface area (Å²) in [7, 11) is 0. The normalized spacial score (nSPS) is 32.9. The van der Waals surface area contributed by atoms with Crippen molar-refractivity contribution in [3.63, 3.8) is 0 Å². The molecular weight excluding hydrogens is 135 g/mol. The molecule has 1 aliphatic rings. The van der Waals surface area contributed by atoms with E-state index >= 15 is 0 Å². The zero-order chi connectivity index (χ0) is 7.72. The van der Waals surface area contributed by atoms with Gasteiger partial charge in [0.15, 0.2) is 0 Å². The van der Waals surface area contributed by atoms with E-state index < -0.39 is 12.2 Å². The van der Waals surface area contributed by atoms with Crippen LogP contribution in [0.25, 0.3) is 0 Å². The second kappa shape index (κ2) is 2.54. The smallest absolute Gasteiger partial charge is 0.219 e. The van der Waals surface area contributed by atoms with Gasteiger partial charge in [-0.05, 0) is 0 Å². The first-order chi connectivity index (χ1) is 4.61. The molecular formula is C6H11FN2O. The number of rotatable bonds is 0. The lowest BCUT2D eigenvalue weighted by Crippen LogP contribution is -2.31. The van der Waals surface area contributed by atoms with Crippen molar-refractivity contribution in [1.82, 2.24) is 4.90 Å². The van der Waals surface area contributed by atoms with Crippen LogP contribution in [0.1, 0.15) is 6.92 Å². The summed E-state index contributed by atoms with van der Waals surface area (Å²) in [4.78, 5) is 12.1. The zero-order valence-corrected chi connectivity index (χ0v) is 5.88. The number of hydrogen-bond acceptors (Lipinski definition) is 2. The van der Waals surface area contributed by atoms with Gasteiger partial charge in [0.05, 0.1) is 12.6 Å². The number of carbonyl (C=O) groups is 1. The molecule has 0 aliphatic carbocycles. The van der Waals surface area contributed by atoms with Gasteiger partial charge in [-0.2, -0.15) is 0 Å². The van der Waals surface area contributed by atoms with Gasteiger partial charge >= 0.3 is 0 Å². The van der Waals surface area contributed by atoms with Crippen molar-refractivity contribution in [3.8, 4) is 0 Å². The standard InChI is InChI=1S/C6H11FN2O/c1-4(10)9-2-5(7)6(8)3-9/h5-6H,2-3,8H2,1H3/t5-,6+/m1/s1. The van der Waals surface area contributed by atoms with E-state index in [1.165, 1.54) is 11.8 Å². The summed E-state index contributed by atoms with van der Waals surface area (Å²) in [6, 6.07) is -0.483. The predicted molar refractivity (Wildman–Crippen MR) is 35.1 cm³/mol. The van der Waals surface area contributed by atoms with Crippen LogP contribution in [0.2, 0.25) is 0 Å². The number of halogens is 1. The van der Waals surface area contributed by atoms with E-state index in [0.29, 0.717) is 6.54 Å². The second-order valence-corrected chi connectivity index (χ2v) is 2.60. The highest BCUT2D eigenvalue weighted by Crippen LogP contribution is 2.10. The number of nitrogens with zero attached hydrogens (tertiary/aromatic N) is 1. The topological polar surface area (TPSA) is 46.3 Å². The van der Waals surface area contributed by atoms with Gasteiger partial charge in [-0.25, -0.2) is 4.39 Å². The number of carbonyl (C=O) groups excluding carboxylic acids is 1. The van der Waals surface area contributed by atoms with Crippen LogP contribution in [-0.2, 0) is 4.79 Å². The fourth-order valence-corrected chi connectivity index (χ4v) is 1.05. The molecule has 10 heavy (non-hydrogen) atoms. The van der Waals surface area contributed by atoms with E-state index in [2.05, 4.69) is 0 Å². The Morgan fingerprint density at radius 3 is 2.50 bits per heavy atom. The molecule has 2 N–H and O–H groups in total. The minimum absolute atomic E-state index is 0.101. The van der Waals surface area contributed by atoms with Crippen molar-refractivity contribution in [2.75, 3.05) is 13.1 Å². The lowest BCUT2D eigenvalue weighted by Gasteiger charge is -2.10. The van der Waals surface area contributed by atoms with Crippen molar-refractivity contribution >= 4 is 5.91 Å². The minimum atomic E-state index is -1.04. The molecule has 0 radical (unpaired) electrons. The summed E-state index contributed by atoms with van der Waals surface area (Å²) in [5.41, 5.74) is 5.34. The highest BCUT2D eigenvalue weighted by atomic mass is 19.1. The molecule has 3 nitrogen and oxygen atoms in total. The molecule has 0 unspecified atom stereocenters. The summed E-state index contributed by atoms with van der Waals surface area (Å²) in [6.07, 6.45) is -1.04. The van der Waals surface area contributed by atoms with E-state index in [9.17, 15) is 9.18 Å². The van der Waals surface area contributed by atoms with Gasteiger partial charge in [0.1, 0.15) is 6.17 Å². The molecule has 0 saturated carbocycles. The van der Waals surface area contributed by atoms with Crippen molar-refractivity contribution in [1.29, 1.82) is 0 Å². The molecule has 58 valence electrons. The van der Waals surface area contributed by atoms with Gasteiger partial charge in [-0.15, -0.1) is 0 Å². The van der Waals surface area contributed by atoms with Crippen molar-refractivity contribution in [3.05, 3.63) is 0 Å². The molecule has 2 atom stereocenters. The highest BCUT2D eigenvalue weighted by Gasteiger charge is 2.30. The maximum Gasteiger partial charge on any atom is 0.219 e. The molecule has 0 bridgehead atoms. The van der Waals surface area contributed by atoms with Gasteiger partial charge in [0, 0.05) is 13.5 Å². The molecule has 1 saturated heterocycles. The Balaban J connectivity index is 2.49. The van der Waals surface area contributed by atoms with Crippen LogP contribution in [0.15, 0.2) is 0 Å². The van der Waals surface area contributed by atoms with Gasteiger partial charge in [0.2, 0.25) is 5.91 Å². The van der Waals surface area contributed by atoms with Crippen LogP contribution in [0.4, 0.5) is 4.39 Å². The Bertz CT molecular complexity index is 141. The summed E-state index contributed by atoms with van der Waals surface area (Å²) < 4.78 is 12.6. The number of amides is 1. The Morgan fingerprint density at radius 1 is 1.70 bits per heavy atom. The van der Waals surface area contributed by atoms with Crippen molar-refractivity contribution in [2.24, 2.45) is 5.73 Å². The second-order valence-electron chi connectivity index (χ2n) is 2.60. The van der Waals surface area contributed by atoms with Gasteiger partial charge in [-0.3, -0.25) is 4.79 Å². The Labute approximate surface area is 59.0 Å². The Kier molecular flexibility index (Phi) is 1.89. The molecule has 1 aliphatic heterocycles. The van der Waals surface area contributed by atoms with E-state index in [0.717, 1.165) is 0 Å². The van der Waals surface area contributed by atoms with Gasteiger partial charge in [0.25, 0.3) is 0 Å².